The molecule has 32 heavy (non-hydrogen) atoms. The van der Waals surface area contributed by atoms with E-state index in [1.807, 2.05) is 12.1 Å². The van der Waals surface area contributed by atoms with Gasteiger partial charge in [0.05, 0.1) is 12.6 Å². The molecule has 1 aliphatic rings. The number of hydrogen-bond donors (Lipinski definition) is 4. The lowest BCUT2D eigenvalue weighted by atomic mass is 9.79. The first-order valence-electron chi connectivity index (χ1n) is 10.4. The molecule has 0 bridgehead atoms. The average Bonchev–Trinajstić information content (AvgIpc) is 2.96. The molecule has 0 radical (unpaired) electrons. The SMILES string of the molecule is CC(C)(C)OC(=O)NCC(NC(=O)OC(C)(C)C)C(=O)NCC1OB(O)c2ccccc21. The van der Waals surface area contributed by atoms with E-state index in [-0.39, 0.29) is 13.1 Å². The van der Waals surface area contributed by atoms with Gasteiger partial charge in [0.25, 0.3) is 0 Å². The summed E-state index contributed by atoms with van der Waals surface area (Å²) < 4.78 is 15.9. The summed E-state index contributed by atoms with van der Waals surface area (Å²) in [4.78, 5) is 37.0. The zero-order valence-corrected chi connectivity index (χ0v) is 19.4. The monoisotopic (exact) mass is 449 g/mol. The van der Waals surface area contributed by atoms with E-state index in [0.29, 0.717) is 5.46 Å². The standard InChI is InChI=1S/C21H32BN3O7/c1-20(2,3)30-18(27)24-11-15(25-19(28)31-21(4,5)6)17(26)23-12-16-13-9-7-8-10-14(13)22(29)32-16/h7-10,15-16,29H,11-12H2,1-6H3,(H,23,26)(H,24,27)(H,25,28). The van der Waals surface area contributed by atoms with Crippen molar-refractivity contribution >= 4 is 30.7 Å². The van der Waals surface area contributed by atoms with Crippen LogP contribution in [0.5, 0.6) is 0 Å². The molecule has 176 valence electrons. The Morgan fingerprint density at radius 3 is 2.25 bits per heavy atom. The van der Waals surface area contributed by atoms with Gasteiger partial charge in [-0.15, -0.1) is 0 Å². The molecule has 3 amide bonds. The van der Waals surface area contributed by atoms with E-state index >= 15 is 0 Å². The molecular weight excluding hydrogens is 417 g/mol. The highest BCUT2D eigenvalue weighted by Gasteiger charge is 2.35. The van der Waals surface area contributed by atoms with Crippen molar-refractivity contribution in [3.8, 4) is 0 Å². The summed E-state index contributed by atoms with van der Waals surface area (Å²) in [6.07, 6.45) is -2.08. The van der Waals surface area contributed by atoms with Crippen molar-refractivity contribution in [3.63, 3.8) is 0 Å². The maximum Gasteiger partial charge on any atom is 0.492 e. The minimum Gasteiger partial charge on any atom is -0.444 e. The topological polar surface area (TPSA) is 135 Å². The molecule has 11 heteroatoms. The fraction of sp³-hybridized carbons (Fsp3) is 0.571. The highest BCUT2D eigenvalue weighted by atomic mass is 16.6. The number of rotatable bonds is 6. The van der Waals surface area contributed by atoms with E-state index in [1.54, 1.807) is 53.7 Å². The molecule has 0 aliphatic carbocycles. The minimum absolute atomic E-state index is 0.0614. The van der Waals surface area contributed by atoms with Crippen LogP contribution in [-0.2, 0) is 18.9 Å². The molecule has 0 aromatic heterocycles. The Bertz CT molecular complexity index is 835. The molecular formula is C21H32BN3O7. The zero-order chi connectivity index (χ0) is 24.1. The highest BCUT2D eigenvalue weighted by molar-refractivity contribution is 6.61. The lowest BCUT2D eigenvalue weighted by Crippen LogP contribution is -2.54. The van der Waals surface area contributed by atoms with Gasteiger partial charge in [0.1, 0.15) is 17.2 Å². The van der Waals surface area contributed by atoms with Gasteiger partial charge in [-0.05, 0) is 52.6 Å². The number of carbonyl (C=O) groups is 3. The normalized spacial score (nSPS) is 16.6. The van der Waals surface area contributed by atoms with Gasteiger partial charge in [0.2, 0.25) is 5.91 Å². The van der Waals surface area contributed by atoms with Gasteiger partial charge in [-0.2, -0.15) is 0 Å². The van der Waals surface area contributed by atoms with Gasteiger partial charge in [-0.25, -0.2) is 9.59 Å². The summed E-state index contributed by atoms with van der Waals surface area (Å²) in [5.41, 5.74) is -0.0685. The van der Waals surface area contributed by atoms with Crippen LogP contribution in [0.1, 0.15) is 53.2 Å². The number of fused-ring (bicyclic) bond motifs is 1. The van der Waals surface area contributed by atoms with E-state index in [1.165, 1.54) is 0 Å². The van der Waals surface area contributed by atoms with E-state index < -0.39 is 48.6 Å². The van der Waals surface area contributed by atoms with Gasteiger partial charge in [-0.1, -0.05) is 24.3 Å². The predicted octanol–water partition coefficient (Wildman–Crippen LogP) is 0.980. The maximum atomic E-state index is 12.8. The molecule has 0 spiro atoms. The van der Waals surface area contributed by atoms with Crippen molar-refractivity contribution in [1.82, 2.24) is 16.0 Å². The third-order valence-corrected chi connectivity index (χ3v) is 4.22. The van der Waals surface area contributed by atoms with Gasteiger partial charge in [-0.3, -0.25) is 4.79 Å². The van der Waals surface area contributed by atoms with Crippen molar-refractivity contribution < 1.29 is 33.5 Å². The number of nitrogens with one attached hydrogen (secondary N) is 3. The van der Waals surface area contributed by atoms with Gasteiger partial charge in [0.15, 0.2) is 0 Å². The first kappa shape index (κ1) is 25.5. The molecule has 1 aromatic carbocycles. The quantitative estimate of drug-likeness (QED) is 0.476. The van der Waals surface area contributed by atoms with Crippen LogP contribution in [-0.4, -0.2) is 60.6 Å². The summed E-state index contributed by atoms with van der Waals surface area (Å²) in [7, 11) is -1.07. The van der Waals surface area contributed by atoms with Crippen molar-refractivity contribution in [1.29, 1.82) is 0 Å². The minimum atomic E-state index is -1.13. The number of ether oxygens (including phenoxy) is 2. The summed E-state index contributed by atoms with van der Waals surface area (Å²) in [6, 6.07) is 6.03. The molecule has 0 saturated carbocycles. The Kier molecular flexibility index (Phi) is 8.14. The average molecular weight is 449 g/mol. The smallest absolute Gasteiger partial charge is 0.444 e. The van der Waals surface area contributed by atoms with Crippen molar-refractivity contribution in [2.24, 2.45) is 0 Å². The molecule has 10 nitrogen and oxygen atoms in total. The molecule has 4 N–H and O–H groups in total. The van der Waals surface area contributed by atoms with Crippen LogP contribution in [0.2, 0.25) is 0 Å². The van der Waals surface area contributed by atoms with E-state index in [4.69, 9.17) is 14.1 Å². The van der Waals surface area contributed by atoms with E-state index in [0.717, 1.165) is 5.56 Å². The van der Waals surface area contributed by atoms with Crippen LogP contribution in [0, 0.1) is 0 Å². The number of carbonyl (C=O) groups excluding carboxylic acids is 3. The van der Waals surface area contributed by atoms with Crippen LogP contribution < -0.4 is 21.4 Å². The van der Waals surface area contributed by atoms with Gasteiger partial charge < -0.3 is 35.1 Å². The predicted molar refractivity (Wildman–Crippen MR) is 118 cm³/mol. The largest absolute Gasteiger partial charge is 0.492 e. The second-order valence-corrected chi connectivity index (χ2v) is 9.43. The summed E-state index contributed by atoms with van der Waals surface area (Å²) in [5.74, 6) is -0.561. The molecule has 0 fully saturated rings. The Morgan fingerprint density at radius 1 is 1.03 bits per heavy atom. The number of benzene rings is 1. The van der Waals surface area contributed by atoms with Crippen LogP contribution in [0.25, 0.3) is 0 Å². The molecule has 0 saturated heterocycles. The maximum absolute atomic E-state index is 12.8. The van der Waals surface area contributed by atoms with Gasteiger partial charge in [0, 0.05) is 6.54 Å². The third kappa shape index (κ3) is 8.05. The van der Waals surface area contributed by atoms with Crippen LogP contribution >= 0.6 is 0 Å². The summed E-state index contributed by atoms with van der Waals surface area (Å²) >= 11 is 0. The van der Waals surface area contributed by atoms with Crippen LogP contribution in [0.15, 0.2) is 24.3 Å². The number of alkyl carbamates (subject to hydrolysis) is 2. The highest BCUT2D eigenvalue weighted by Crippen LogP contribution is 2.22. The van der Waals surface area contributed by atoms with E-state index in [9.17, 15) is 19.4 Å². The summed E-state index contributed by atoms with van der Waals surface area (Å²) in [6.45, 7) is 10.1. The van der Waals surface area contributed by atoms with Crippen LogP contribution in [0.3, 0.4) is 0 Å². The Morgan fingerprint density at radius 2 is 1.62 bits per heavy atom. The zero-order valence-electron chi connectivity index (χ0n) is 19.4. The third-order valence-electron chi connectivity index (χ3n) is 4.22. The number of hydrogen-bond acceptors (Lipinski definition) is 7. The van der Waals surface area contributed by atoms with Crippen molar-refractivity contribution in [2.75, 3.05) is 13.1 Å². The number of amides is 3. The molecule has 2 atom stereocenters. The van der Waals surface area contributed by atoms with E-state index in [2.05, 4.69) is 16.0 Å². The molecule has 1 aromatic rings. The van der Waals surface area contributed by atoms with Crippen LogP contribution in [0.4, 0.5) is 9.59 Å². The summed E-state index contributed by atoms with van der Waals surface area (Å²) in [5, 5.41) is 17.6. The Balaban J connectivity index is 2.01. The lowest BCUT2D eigenvalue weighted by Gasteiger charge is -2.25. The first-order chi connectivity index (χ1) is 14.7. The fourth-order valence-electron chi connectivity index (χ4n) is 2.96. The second-order valence-electron chi connectivity index (χ2n) is 9.43. The Hall–Kier alpha value is -2.79. The first-order valence-corrected chi connectivity index (χ1v) is 10.4. The Labute approximate surface area is 188 Å². The van der Waals surface area contributed by atoms with Crippen molar-refractivity contribution in [3.05, 3.63) is 29.8 Å². The molecule has 2 unspecified atom stereocenters. The molecule has 1 aliphatic heterocycles. The second kappa shape index (κ2) is 10.2. The molecule has 2 rings (SSSR count). The van der Waals surface area contributed by atoms with Gasteiger partial charge >= 0.3 is 19.3 Å². The molecule has 1 heterocycles. The van der Waals surface area contributed by atoms with Crippen molar-refractivity contribution in [2.45, 2.75) is 64.9 Å². The fourth-order valence-corrected chi connectivity index (χ4v) is 2.96. The lowest BCUT2D eigenvalue weighted by molar-refractivity contribution is -0.123.